The van der Waals surface area contributed by atoms with Crippen LogP contribution in [0.4, 0.5) is 5.69 Å². The van der Waals surface area contributed by atoms with Gasteiger partial charge < -0.3 is 5.73 Å². The molecule has 0 aliphatic carbocycles. The van der Waals surface area contributed by atoms with Crippen LogP contribution in [-0.2, 0) is 10.0 Å². The largest absolute Gasteiger partial charge is 0.366 e. The van der Waals surface area contributed by atoms with E-state index in [1.807, 2.05) is 0 Å². The molecule has 2 rings (SSSR count). The lowest BCUT2D eigenvalue weighted by molar-refractivity contribution is 0.0997. The Kier molecular flexibility index (Phi) is 3.48. The summed E-state index contributed by atoms with van der Waals surface area (Å²) in [5, 5.41) is 0. The first-order valence-electron chi connectivity index (χ1n) is 5.32. The second kappa shape index (κ2) is 5.07. The van der Waals surface area contributed by atoms with E-state index in [4.69, 9.17) is 5.73 Å². The molecular weight excluding hydrogens is 266 g/mol. The fourth-order valence-electron chi connectivity index (χ4n) is 1.54. The highest BCUT2D eigenvalue weighted by atomic mass is 32.2. The van der Waals surface area contributed by atoms with Gasteiger partial charge in [-0.15, -0.1) is 0 Å². The SMILES string of the molecule is NC(=O)c1ccccc1S(=O)(=O)Nc1cccnc1. The van der Waals surface area contributed by atoms with Gasteiger partial charge in [-0.05, 0) is 24.3 Å². The summed E-state index contributed by atoms with van der Waals surface area (Å²) in [5.41, 5.74) is 5.41. The second-order valence-electron chi connectivity index (χ2n) is 3.71. The zero-order chi connectivity index (χ0) is 13.9. The van der Waals surface area contributed by atoms with E-state index >= 15 is 0 Å². The Morgan fingerprint density at radius 1 is 1.16 bits per heavy atom. The minimum absolute atomic E-state index is 0.0566. The molecule has 0 aliphatic rings. The van der Waals surface area contributed by atoms with Crippen molar-refractivity contribution in [2.24, 2.45) is 5.73 Å². The summed E-state index contributed by atoms with van der Waals surface area (Å²) >= 11 is 0. The summed E-state index contributed by atoms with van der Waals surface area (Å²) in [7, 11) is -3.88. The molecule has 2 aromatic rings. The molecule has 98 valence electrons. The molecule has 1 amide bonds. The van der Waals surface area contributed by atoms with E-state index < -0.39 is 15.9 Å². The van der Waals surface area contributed by atoms with Crippen molar-refractivity contribution >= 4 is 21.6 Å². The molecule has 0 aliphatic heterocycles. The maximum atomic E-state index is 12.2. The molecule has 3 N–H and O–H groups in total. The zero-order valence-electron chi connectivity index (χ0n) is 9.78. The summed E-state index contributed by atoms with van der Waals surface area (Å²) in [4.78, 5) is 14.9. The Labute approximate surface area is 110 Å². The van der Waals surface area contributed by atoms with Gasteiger partial charge in [-0.2, -0.15) is 0 Å². The zero-order valence-corrected chi connectivity index (χ0v) is 10.6. The van der Waals surface area contributed by atoms with Gasteiger partial charge in [0.2, 0.25) is 5.91 Å². The topological polar surface area (TPSA) is 102 Å². The van der Waals surface area contributed by atoms with E-state index in [0.29, 0.717) is 5.69 Å². The average molecular weight is 277 g/mol. The van der Waals surface area contributed by atoms with Gasteiger partial charge in [-0.3, -0.25) is 14.5 Å². The number of aromatic nitrogens is 1. The molecule has 0 bridgehead atoms. The van der Waals surface area contributed by atoms with Crippen LogP contribution in [0, 0.1) is 0 Å². The molecule has 1 aromatic heterocycles. The van der Waals surface area contributed by atoms with Crippen molar-refractivity contribution in [2.75, 3.05) is 4.72 Å². The van der Waals surface area contributed by atoms with Gasteiger partial charge in [0.25, 0.3) is 10.0 Å². The number of hydrogen-bond donors (Lipinski definition) is 2. The molecule has 7 heteroatoms. The van der Waals surface area contributed by atoms with Crippen LogP contribution in [0.5, 0.6) is 0 Å². The first kappa shape index (κ1) is 13.0. The molecule has 1 heterocycles. The number of primary amides is 1. The lowest BCUT2D eigenvalue weighted by atomic mass is 10.2. The highest BCUT2D eigenvalue weighted by Gasteiger charge is 2.20. The number of nitrogens with one attached hydrogen (secondary N) is 1. The molecule has 0 saturated carbocycles. The third kappa shape index (κ3) is 2.89. The van der Waals surface area contributed by atoms with Gasteiger partial charge >= 0.3 is 0 Å². The summed E-state index contributed by atoms with van der Waals surface area (Å²) < 4.78 is 26.7. The number of benzene rings is 1. The van der Waals surface area contributed by atoms with Crippen LogP contribution in [0.2, 0.25) is 0 Å². The number of carbonyl (C=O) groups is 1. The quantitative estimate of drug-likeness (QED) is 0.869. The van der Waals surface area contributed by atoms with Crippen molar-refractivity contribution in [3.8, 4) is 0 Å². The fourth-order valence-corrected chi connectivity index (χ4v) is 2.79. The minimum Gasteiger partial charge on any atom is -0.366 e. The predicted molar refractivity (Wildman–Crippen MR) is 70.0 cm³/mol. The van der Waals surface area contributed by atoms with Crippen molar-refractivity contribution in [2.45, 2.75) is 4.90 Å². The predicted octanol–water partition coefficient (Wildman–Crippen LogP) is 0.981. The highest BCUT2D eigenvalue weighted by Crippen LogP contribution is 2.18. The lowest BCUT2D eigenvalue weighted by Crippen LogP contribution is -2.20. The fraction of sp³-hybridized carbons (Fsp3) is 0. The molecule has 6 nitrogen and oxygen atoms in total. The van der Waals surface area contributed by atoms with E-state index in [-0.39, 0.29) is 10.5 Å². The van der Waals surface area contributed by atoms with Crippen LogP contribution < -0.4 is 10.5 Å². The van der Waals surface area contributed by atoms with Gasteiger partial charge in [0.05, 0.1) is 17.4 Å². The maximum absolute atomic E-state index is 12.2. The Balaban J connectivity index is 2.43. The van der Waals surface area contributed by atoms with Gasteiger partial charge in [0, 0.05) is 6.20 Å². The van der Waals surface area contributed by atoms with Gasteiger partial charge in [0.15, 0.2) is 0 Å². The van der Waals surface area contributed by atoms with Crippen LogP contribution in [0.1, 0.15) is 10.4 Å². The molecule has 0 fully saturated rings. The first-order valence-corrected chi connectivity index (χ1v) is 6.81. The third-order valence-corrected chi connectivity index (χ3v) is 3.80. The van der Waals surface area contributed by atoms with E-state index in [2.05, 4.69) is 9.71 Å². The molecule has 19 heavy (non-hydrogen) atoms. The average Bonchev–Trinajstić information content (AvgIpc) is 2.39. The third-order valence-electron chi connectivity index (χ3n) is 2.36. The smallest absolute Gasteiger partial charge is 0.262 e. The number of sulfonamides is 1. The number of rotatable bonds is 4. The van der Waals surface area contributed by atoms with Crippen LogP contribution in [0.25, 0.3) is 0 Å². The standard InChI is InChI=1S/C12H11N3O3S/c13-12(16)10-5-1-2-6-11(10)19(17,18)15-9-4-3-7-14-8-9/h1-8,15H,(H2,13,16). The van der Waals surface area contributed by atoms with Crippen LogP contribution in [-0.4, -0.2) is 19.3 Å². The van der Waals surface area contributed by atoms with Crippen molar-refractivity contribution in [3.63, 3.8) is 0 Å². The maximum Gasteiger partial charge on any atom is 0.262 e. The van der Waals surface area contributed by atoms with Crippen LogP contribution in [0.15, 0.2) is 53.7 Å². The number of anilines is 1. The second-order valence-corrected chi connectivity index (χ2v) is 5.36. The lowest BCUT2D eigenvalue weighted by Gasteiger charge is -2.10. The van der Waals surface area contributed by atoms with Crippen molar-refractivity contribution < 1.29 is 13.2 Å². The van der Waals surface area contributed by atoms with E-state index in [9.17, 15) is 13.2 Å². The molecule has 0 saturated heterocycles. The van der Waals surface area contributed by atoms with E-state index in [0.717, 1.165) is 0 Å². The number of amides is 1. The number of nitrogens with two attached hydrogens (primary N) is 1. The number of carbonyl (C=O) groups excluding carboxylic acids is 1. The summed E-state index contributed by atoms with van der Waals surface area (Å²) in [5.74, 6) is -0.799. The normalized spacial score (nSPS) is 10.9. The van der Waals surface area contributed by atoms with E-state index in [1.54, 1.807) is 18.2 Å². The van der Waals surface area contributed by atoms with Gasteiger partial charge in [-0.25, -0.2) is 8.42 Å². The Bertz CT molecular complexity index is 699. The molecule has 0 unspecified atom stereocenters. The summed E-state index contributed by atoms with van der Waals surface area (Å²) in [6.07, 6.45) is 2.89. The summed E-state index contributed by atoms with van der Waals surface area (Å²) in [6, 6.07) is 8.89. The van der Waals surface area contributed by atoms with Crippen molar-refractivity contribution in [3.05, 3.63) is 54.4 Å². The monoisotopic (exact) mass is 277 g/mol. The first-order chi connectivity index (χ1) is 9.00. The molecule has 1 aromatic carbocycles. The van der Waals surface area contributed by atoms with E-state index in [1.165, 1.54) is 30.6 Å². The Hall–Kier alpha value is -2.41. The van der Waals surface area contributed by atoms with Crippen LogP contribution >= 0.6 is 0 Å². The molecule has 0 spiro atoms. The van der Waals surface area contributed by atoms with Crippen LogP contribution in [0.3, 0.4) is 0 Å². The number of hydrogen-bond acceptors (Lipinski definition) is 4. The minimum atomic E-state index is -3.88. The van der Waals surface area contributed by atoms with Gasteiger partial charge in [0.1, 0.15) is 4.90 Å². The highest BCUT2D eigenvalue weighted by molar-refractivity contribution is 7.92. The Morgan fingerprint density at radius 3 is 2.53 bits per heavy atom. The van der Waals surface area contributed by atoms with Gasteiger partial charge in [-0.1, -0.05) is 12.1 Å². The number of nitrogens with zero attached hydrogens (tertiary/aromatic N) is 1. The molecule has 0 atom stereocenters. The number of pyridine rings is 1. The van der Waals surface area contributed by atoms with Crippen molar-refractivity contribution in [1.29, 1.82) is 0 Å². The Morgan fingerprint density at radius 2 is 1.89 bits per heavy atom. The molecule has 0 radical (unpaired) electrons. The summed E-state index contributed by atoms with van der Waals surface area (Å²) in [6.45, 7) is 0. The van der Waals surface area contributed by atoms with Crippen molar-refractivity contribution in [1.82, 2.24) is 4.98 Å². The molecular formula is C12H11N3O3S.